The summed E-state index contributed by atoms with van der Waals surface area (Å²) in [5.74, 6) is -1.86. The molecule has 0 radical (unpaired) electrons. The Labute approximate surface area is 443 Å². The first-order valence-corrected chi connectivity index (χ1v) is 28.6. The lowest BCUT2D eigenvalue weighted by Crippen LogP contribution is -2.08. The van der Waals surface area contributed by atoms with E-state index in [1.54, 1.807) is 25.1 Å². The second-order valence-electron chi connectivity index (χ2n) is 15.4. The van der Waals surface area contributed by atoms with Crippen LogP contribution in [-0.2, 0) is 67.3 Å². The Morgan fingerprint density at radius 1 is 0.679 bits per heavy atom. The van der Waals surface area contributed by atoms with Gasteiger partial charge in [0.25, 0.3) is 40.5 Å². The van der Waals surface area contributed by atoms with Gasteiger partial charge in [-0.3, -0.25) is 18.2 Å². The summed E-state index contributed by atoms with van der Waals surface area (Å²) in [4.78, 5) is 18.2. The average Bonchev–Trinajstić information content (AvgIpc) is 4.05. The number of aliphatic hydroxyl groups excluding tert-OH is 1. The van der Waals surface area contributed by atoms with Crippen molar-refractivity contribution in [3.63, 3.8) is 0 Å². The van der Waals surface area contributed by atoms with E-state index in [1.807, 2.05) is 0 Å². The fourth-order valence-corrected chi connectivity index (χ4v) is 10.5. The van der Waals surface area contributed by atoms with Gasteiger partial charge in [0.15, 0.2) is 11.4 Å². The van der Waals surface area contributed by atoms with Crippen LogP contribution >= 0.6 is 11.3 Å². The van der Waals surface area contributed by atoms with E-state index in [0.29, 0.717) is 33.5 Å². The molecule has 0 aliphatic carbocycles. The first-order chi connectivity index (χ1) is 36.5. The third-order valence-electron chi connectivity index (χ3n) is 10.2. The summed E-state index contributed by atoms with van der Waals surface area (Å²) in [7, 11) is -22.5. The highest BCUT2D eigenvalue weighted by atomic mass is 32.2. The van der Waals surface area contributed by atoms with Crippen LogP contribution in [0.25, 0.3) is 37.4 Å². The zero-order valence-electron chi connectivity index (χ0n) is 38.8. The molecular formula is C42H33N9O21S6. The number of benzene rings is 6. The number of rotatable bonds is 16. The van der Waals surface area contributed by atoms with E-state index in [1.165, 1.54) is 59.9 Å². The molecule has 0 aliphatic heterocycles. The molecule has 78 heavy (non-hydrogen) atoms. The zero-order chi connectivity index (χ0) is 57.5. The van der Waals surface area contributed by atoms with E-state index in [9.17, 15) is 67.2 Å². The van der Waals surface area contributed by atoms with Crippen molar-refractivity contribution in [1.82, 2.24) is 14.8 Å². The van der Waals surface area contributed by atoms with E-state index >= 15 is 0 Å². The molecule has 8 rings (SSSR count). The fraction of sp³-hybridized carbons (Fsp3) is 0.119. The second kappa shape index (κ2) is 24.0. The van der Waals surface area contributed by atoms with Gasteiger partial charge in [-0.25, -0.2) is 4.98 Å². The first kappa shape index (κ1) is 59.0. The van der Waals surface area contributed by atoms with Crippen molar-refractivity contribution in [3.05, 3.63) is 102 Å². The Morgan fingerprint density at radius 3 is 1.94 bits per heavy atom. The number of hydrogen-bond donors (Lipinski definition) is 7. The van der Waals surface area contributed by atoms with Gasteiger partial charge < -0.3 is 20.1 Å². The number of aromatic nitrogens is 3. The minimum Gasteiger partial charge on any atom is -0.505 e. The van der Waals surface area contributed by atoms with E-state index in [2.05, 4.69) is 40.8 Å². The van der Waals surface area contributed by atoms with Crippen LogP contribution in [0.2, 0.25) is 0 Å². The fourth-order valence-electron chi connectivity index (χ4n) is 6.95. The summed E-state index contributed by atoms with van der Waals surface area (Å²) in [6.45, 7) is 1.32. The number of hydrogen-bond acceptors (Lipinski definition) is 26. The molecule has 30 nitrogen and oxygen atoms in total. The summed E-state index contributed by atoms with van der Waals surface area (Å²) in [6.07, 6.45) is 1.13. The summed E-state index contributed by atoms with van der Waals surface area (Å²) < 4.78 is 168. The first-order valence-electron chi connectivity index (χ1n) is 20.8. The molecule has 0 fully saturated rings. The van der Waals surface area contributed by atoms with E-state index in [0.717, 1.165) is 27.7 Å². The molecule has 0 saturated heterocycles. The Morgan fingerprint density at radius 2 is 1.29 bits per heavy atom. The van der Waals surface area contributed by atoms with Gasteiger partial charge in [-0.15, -0.1) is 43.3 Å². The van der Waals surface area contributed by atoms with E-state index in [-0.39, 0.29) is 75.8 Å². The van der Waals surface area contributed by atoms with Gasteiger partial charge in [-0.2, -0.15) is 53.0 Å². The largest absolute Gasteiger partial charge is 0.505 e. The van der Waals surface area contributed by atoms with Crippen LogP contribution in [0, 0.1) is 6.92 Å². The second-order valence-corrected chi connectivity index (χ2v) is 22.6. The standard InChI is InChI=1S/C41H33N9O16S5.CO2.O3S/c1-21-13-33(35(66-11-2-12-68(54,55)56)18-32(21)46-49-41-43-29-8-3-22(20-51)14-36(29)67-41)47-44-30-9-7-28-27(38(30)52)6-10-31(39(28)71(63,64)65)45-48-34-19-42-50(40(34)53)24-4-5-26-23(15-24)16-25(69(57,58)59)17-37(26)70(60,61)62;2-1-3;1-4(2)3/h3-10,13-19,51-53H,2,11-12,20H2,1H3,(H,54,55,56)(H,57,58,59)(H,60,61,62)(H,63,64,65);;. The lowest BCUT2D eigenvalue weighted by molar-refractivity contribution is -0.191. The number of ether oxygens (including phenoxy) is 1. The van der Waals surface area contributed by atoms with Crippen molar-refractivity contribution in [2.75, 3.05) is 12.4 Å². The summed E-state index contributed by atoms with van der Waals surface area (Å²) in [5, 5.41) is 60.2. The monoisotopic (exact) mass is 1190 g/mol. The van der Waals surface area contributed by atoms with Crippen LogP contribution in [0.1, 0.15) is 17.5 Å². The van der Waals surface area contributed by atoms with E-state index in [4.69, 9.17) is 27.0 Å². The maximum absolute atomic E-state index is 12.8. The molecule has 0 bridgehead atoms. The van der Waals surface area contributed by atoms with E-state index < -0.39 is 88.8 Å². The number of phenolic OH excluding ortho intramolecular Hbond substituents is 1. The number of phenols is 1. The van der Waals surface area contributed by atoms with Crippen molar-refractivity contribution >= 4 is 134 Å². The predicted octanol–water partition coefficient (Wildman–Crippen LogP) is 7.06. The van der Waals surface area contributed by atoms with Crippen LogP contribution < -0.4 is 4.74 Å². The Hall–Kier alpha value is -8.26. The van der Waals surface area contributed by atoms with Crippen LogP contribution in [0.3, 0.4) is 0 Å². The van der Waals surface area contributed by atoms with Gasteiger partial charge in [0, 0.05) is 22.2 Å². The number of azo groups is 3. The maximum atomic E-state index is 12.8. The van der Waals surface area contributed by atoms with Crippen molar-refractivity contribution < 1.29 is 94.2 Å². The third kappa shape index (κ3) is 14.6. The third-order valence-corrected chi connectivity index (χ3v) is 14.6. The highest BCUT2D eigenvalue weighted by molar-refractivity contribution is 7.87. The van der Waals surface area contributed by atoms with Gasteiger partial charge in [-0.1, -0.05) is 29.5 Å². The lowest BCUT2D eigenvalue weighted by Gasteiger charge is -2.11. The molecule has 0 atom stereocenters. The Kier molecular flexibility index (Phi) is 18.1. The quantitative estimate of drug-likeness (QED) is 0.0289. The molecule has 0 amide bonds. The number of aliphatic hydroxyl groups is 1. The van der Waals surface area contributed by atoms with Crippen molar-refractivity contribution in [2.45, 2.75) is 34.6 Å². The van der Waals surface area contributed by atoms with Crippen LogP contribution in [0.5, 0.6) is 17.4 Å². The maximum Gasteiger partial charge on any atom is 0.425 e. The molecular weight excluding hydrogens is 1160 g/mol. The average molecular weight is 1190 g/mol. The number of aryl methyl sites for hydroxylation is 1. The molecule has 0 aliphatic rings. The molecule has 6 aromatic carbocycles. The molecule has 0 unspecified atom stereocenters. The number of carbonyl (C=O) groups excluding carboxylic acids is 2. The summed E-state index contributed by atoms with van der Waals surface area (Å²) >= 11 is 1.24. The van der Waals surface area contributed by atoms with Gasteiger partial charge >= 0.3 is 16.8 Å². The molecule has 7 N–H and O–H groups in total. The number of fused-ring (bicyclic) bond motifs is 3. The van der Waals surface area contributed by atoms with Crippen LogP contribution in [0.15, 0.2) is 136 Å². The zero-order valence-corrected chi connectivity index (χ0v) is 43.7. The minimum absolute atomic E-state index is 0.00740. The highest BCUT2D eigenvalue weighted by Gasteiger charge is 2.24. The predicted molar refractivity (Wildman–Crippen MR) is 268 cm³/mol. The SMILES string of the molecule is Cc1cc(N=Nc2ccc3c(S(=O)(=O)O)c(N=Nc4cnn(-c5ccc6c(S(=O)(=O)O)cc(S(=O)(=O)O)cc6c5)c4O)ccc3c2O)c(OCCCS(=O)(=O)O)cc1N=Nc1nc2ccc(CO)cc2s1.O=C=O.O=S(=O)=O. The molecule has 0 spiro atoms. The Bertz CT molecular complexity index is 4400. The van der Waals surface area contributed by atoms with Gasteiger partial charge in [-0.05, 0) is 90.5 Å². The molecule has 36 heteroatoms. The normalized spacial score (nSPS) is 12.2. The Balaban J connectivity index is 0.00000133. The van der Waals surface area contributed by atoms with Gasteiger partial charge in [0.1, 0.15) is 32.6 Å². The molecule has 408 valence electrons. The molecule has 0 saturated carbocycles. The van der Waals surface area contributed by atoms with Crippen LogP contribution in [-0.4, -0.2) is 113 Å². The molecule has 2 aromatic heterocycles. The summed E-state index contributed by atoms with van der Waals surface area (Å²) in [6, 6.07) is 18.0. The van der Waals surface area contributed by atoms with Crippen molar-refractivity contribution in [3.8, 4) is 23.1 Å². The highest BCUT2D eigenvalue weighted by Crippen LogP contribution is 2.44. The number of aromatic hydroxyl groups is 2. The summed E-state index contributed by atoms with van der Waals surface area (Å²) in [5.41, 5.74) is 1.19. The topological polar surface area (TPSA) is 478 Å². The van der Waals surface area contributed by atoms with Crippen LogP contribution in [0.4, 0.5) is 33.6 Å². The number of thiazole rings is 1. The number of nitrogens with zero attached hydrogens (tertiary/aromatic N) is 9. The smallest absolute Gasteiger partial charge is 0.425 e. The van der Waals surface area contributed by atoms with Gasteiger partial charge in [0.2, 0.25) is 11.0 Å². The van der Waals surface area contributed by atoms with Crippen molar-refractivity contribution in [1.29, 1.82) is 0 Å². The lowest BCUT2D eigenvalue weighted by atomic mass is 10.1. The molecule has 2 heterocycles. The van der Waals surface area contributed by atoms with Crippen molar-refractivity contribution in [2.24, 2.45) is 30.7 Å². The minimum atomic E-state index is -5.14. The molecule has 8 aromatic rings. The van der Waals surface area contributed by atoms with Gasteiger partial charge in [0.05, 0.1) is 51.7 Å².